The molecule has 0 bridgehead atoms. The van der Waals surface area contributed by atoms with Crippen molar-refractivity contribution >= 4 is 11.8 Å². The summed E-state index contributed by atoms with van der Waals surface area (Å²) in [5, 5.41) is 21.9. The number of primary amides is 1. The third-order valence-electron chi connectivity index (χ3n) is 4.77. The van der Waals surface area contributed by atoms with E-state index in [0.29, 0.717) is 6.42 Å². The van der Waals surface area contributed by atoms with E-state index in [4.69, 9.17) is 5.73 Å². The number of nitrogens with one attached hydrogen (secondary N) is 1. The van der Waals surface area contributed by atoms with Gasteiger partial charge in [0.25, 0.3) is 0 Å². The van der Waals surface area contributed by atoms with Gasteiger partial charge in [0.1, 0.15) is 0 Å². The first-order chi connectivity index (χ1) is 11.0. The van der Waals surface area contributed by atoms with Crippen molar-refractivity contribution in [3.63, 3.8) is 0 Å². The summed E-state index contributed by atoms with van der Waals surface area (Å²) in [7, 11) is 0. The first-order valence-corrected chi connectivity index (χ1v) is 7.86. The fourth-order valence-electron chi connectivity index (χ4n) is 3.57. The summed E-state index contributed by atoms with van der Waals surface area (Å²) in [6.45, 7) is 1.43. The van der Waals surface area contributed by atoms with Gasteiger partial charge in [-0.05, 0) is 30.7 Å². The molecule has 2 rings (SSSR count). The van der Waals surface area contributed by atoms with Gasteiger partial charge in [-0.25, -0.2) is 0 Å². The molecule has 5 unspecified atom stereocenters. The number of aliphatic hydroxyl groups excluding tert-OH is 2. The molecule has 1 aromatic rings. The van der Waals surface area contributed by atoms with Gasteiger partial charge in [0.2, 0.25) is 11.8 Å². The van der Waals surface area contributed by atoms with Gasteiger partial charge in [0.05, 0.1) is 17.9 Å². The minimum absolute atomic E-state index is 0.210. The summed E-state index contributed by atoms with van der Waals surface area (Å²) in [4.78, 5) is 24.4. The predicted octanol–water partition coefficient (Wildman–Crippen LogP) is 0.202. The van der Waals surface area contributed by atoms with Crippen LogP contribution in [0.15, 0.2) is 30.3 Å². The Hall–Kier alpha value is -1.92. The lowest BCUT2D eigenvalue weighted by Crippen LogP contribution is -2.43. The maximum Gasteiger partial charge on any atom is 0.224 e. The van der Waals surface area contributed by atoms with E-state index < -0.39 is 17.7 Å². The highest BCUT2D eigenvalue weighted by atomic mass is 16.3. The zero-order valence-electron chi connectivity index (χ0n) is 13.2. The first kappa shape index (κ1) is 17.4. The fraction of sp³-hybridized carbons (Fsp3) is 0.529. The third-order valence-corrected chi connectivity index (χ3v) is 4.77. The summed E-state index contributed by atoms with van der Waals surface area (Å²) < 4.78 is 0. The Balaban J connectivity index is 2.16. The van der Waals surface area contributed by atoms with Crippen LogP contribution in [0, 0.1) is 23.7 Å². The lowest BCUT2D eigenvalue weighted by molar-refractivity contribution is -0.135. The SMILES string of the molecule is CC(NC(=O)C1C(CO)CC(CO)C1C(N)=O)c1ccccc1. The van der Waals surface area contributed by atoms with Crippen LogP contribution in [0.3, 0.4) is 0 Å². The topological polar surface area (TPSA) is 113 Å². The molecule has 126 valence electrons. The lowest BCUT2D eigenvalue weighted by Gasteiger charge is -2.25. The molecule has 5 N–H and O–H groups in total. The van der Waals surface area contributed by atoms with Gasteiger partial charge in [0, 0.05) is 13.2 Å². The highest BCUT2D eigenvalue weighted by Gasteiger charge is 2.49. The van der Waals surface area contributed by atoms with E-state index in [1.807, 2.05) is 37.3 Å². The second-order valence-electron chi connectivity index (χ2n) is 6.22. The lowest BCUT2D eigenvalue weighted by atomic mass is 9.85. The number of benzene rings is 1. The summed E-state index contributed by atoms with van der Waals surface area (Å²) in [6.07, 6.45) is 0.415. The maximum atomic E-state index is 12.7. The molecular formula is C17H24N2O4. The average Bonchev–Trinajstić information content (AvgIpc) is 2.94. The quantitative estimate of drug-likeness (QED) is 0.600. The molecule has 0 heterocycles. The Bertz CT molecular complexity index is 549. The van der Waals surface area contributed by atoms with Crippen LogP contribution in [0.25, 0.3) is 0 Å². The summed E-state index contributed by atoms with van der Waals surface area (Å²) in [5.41, 5.74) is 6.39. The molecule has 1 aliphatic rings. The Morgan fingerprint density at radius 2 is 1.74 bits per heavy atom. The smallest absolute Gasteiger partial charge is 0.224 e. The average molecular weight is 320 g/mol. The molecule has 0 aliphatic heterocycles. The second-order valence-corrected chi connectivity index (χ2v) is 6.22. The van der Waals surface area contributed by atoms with Crippen LogP contribution in [0.1, 0.15) is 24.9 Å². The van der Waals surface area contributed by atoms with E-state index in [2.05, 4.69) is 5.32 Å². The largest absolute Gasteiger partial charge is 0.396 e. The van der Waals surface area contributed by atoms with Crippen molar-refractivity contribution in [2.75, 3.05) is 13.2 Å². The number of amides is 2. The van der Waals surface area contributed by atoms with Gasteiger partial charge in [0.15, 0.2) is 0 Å². The van der Waals surface area contributed by atoms with Crippen LogP contribution in [0.5, 0.6) is 0 Å². The van der Waals surface area contributed by atoms with Crippen LogP contribution >= 0.6 is 0 Å². The molecule has 1 saturated carbocycles. The molecule has 6 heteroatoms. The van der Waals surface area contributed by atoms with E-state index >= 15 is 0 Å². The summed E-state index contributed by atoms with van der Waals surface area (Å²) >= 11 is 0. The molecule has 2 amide bonds. The number of carbonyl (C=O) groups is 2. The molecular weight excluding hydrogens is 296 g/mol. The standard InChI is InChI=1S/C17H24N2O4/c1-10(11-5-3-2-4-6-11)19-17(23)15-13(9-21)7-12(8-20)14(15)16(18)22/h2-6,10,12-15,20-21H,7-9H2,1H3,(H2,18,22)(H,19,23). The number of hydrogen-bond acceptors (Lipinski definition) is 4. The Kier molecular flexibility index (Phi) is 5.74. The van der Waals surface area contributed by atoms with Gasteiger partial charge in [-0.15, -0.1) is 0 Å². The normalized spacial score (nSPS) is 28.3. The fourth-order valence-corrected chi connectivity index (χ4v) is 3.57. The number of rotatable bonds is 6. The molecule has 1 fully saturated rings. The van der Waals surface area contributed by atoms with Crippen molar-refractivity contribution in [2.24, 2.45) is 29.4 Å². The first-order valence-electron chi connectivity index (χ1n) is 7.86. The molecule has 0 spiro atoms. The number of carbonyl (C=O) groups excluding carboxylic acids is 2. The maximum absolute atomic E-state index is 12.7. The van der Waals surface area contributed by atoms with Gasteiger partial charge >= 0.3 is 0 Å². The minimum atomic E-state index is -0.750. The predicted molar refractivity (Wildman–Crippen MR) is 84.9 cm³/mol. The van der Waals surface area contributed by atoms with Crippen molar-refractivity contribution in [1.82, 2.24) is 5.32 Å². The molecule has 0 saturated heterocycles. The van der Waals surface area contributed by atoms with E-state index in [1.54, 1.807) is 0 Å². The van der Waals surface area contributed by atoms with E-state index in [-0.39, 0.29) is 37.0 Å². The minimum Gasteiger partial charge on any atom is -0.396 e. The monoisotopic (exact) mass is 320 g/mol. The van der Waals surface area contributed by atoms with E-state index in [1.165, 1.54) is 0 Å². The number of nitrogens with two attached hydrogens (primary N) is 1. The van der Waals surface area contributed by atoms with Gasteiger partial charge in [-0.2, -0.15) is 0 Å². The number of aliphatic hydroxyl groups is 2. The zero-order valence-corrected chi connectivity index (χ0v) is 13.2. The van der Waals surface area contributed by atoms with Crippen LogP contribution in [0.4, 0.5) is 0 Å². The molecule has 23 heavy (non-hydrogen) atoms. The van der Waals surface area contributed by atoms with E-state index in [9.17, 15) is 19.8 Å². The Morgan fingerprint density at radius 1 is 1.17 bits per heavy atom. The number of hydrogen-bond donors (Lipinski definition) is 4. The van der Waals surface area contributed by atoms with Gasteiger partial charge < -0.3 is 21.3 Å². The molecule has 1 aromatic carbocycles. The van der Waals surface area contributed by atoms with Crippen LogP contribution in [-0.4, -0.2) is 35.2 Å². The zero-order chi connectivity index (χ0) is 17.0. The van der Waals surface area contributed by atoms with Crippen molar-refractivity contribution in [2.45, 2.75) is 19.4 Å². The Morgan fingerprint density at radius 3 is 2.26 bits per heavy atom. The molecule has 0 radical (unpaired) electrons. The second kappa shape index (κ2) is 7.57. The van der Waals surface area contributed by atoms with Crippen LogP contribution in [-0.2, 0) is 9.59 Å². The summed E-state index contributed by atoms with van der Waals surface area (Å²) in [5.74, 6) is -3.12. The van der Waals surface area contributed by atoms with Crippen LogP contribution < -0.4 is 11.1 Å². The summed E-state index contributed by atoms with van der Waals surface area (Å²) in [6, 6.07) is 9.27. The molecule has 1 aliphatic carbocycles. The molecule has 0 aromatic heterocycles. The third kappa shape index (κ3) is 3.71. The van der Waals surface area contributed by atoms with Crippen LogP contribution in [0.2, 0.25) is 0 Å². The van der Waals surface area contributed by atoms with Crippen molar-refractivity contribution in [3.8, 4) is 0 Å². The van der Waals surface area contributed by atoms with Crippen molar-refractivity contribution < 1.29 is 19.8 Å². The van der Waals surface area contributed by atoms with Gasteiger partial charge in [-0.1, -0.05) is 30.3 Å². The van der Waals surface area contributed by atoms with Crippen molar-refractivity contribution in [3.05, 3.63) is 35.9 Å². The molecule has 5 atom stereocenters. The van der Waals surface area contributed by atoms with Crippen molar-refractivity contribution in [1.29, 1.82) is 0 Å². The van der Waals surface area contributed by atoms with E-state index in [0.717, 1.165) is 5.56 Å². The molecule has 6 nitrogen and oxygen atoms in total. The van der Waals surface area contributed by atoms with Gasteiger partial charge in [-0.3, -0.25) is 9.59 Å². The highest BCUT2D eigenvalue weighted by molar-refractivity contribution is 5.88. The highest BCUT2D eigenvalue weighted by Crippen LogP contribution is 2.41. The Labute approximate surface area is 135 Å².